The minimum atomic E-state index is -4.15. The van der Waals surface area contributed by atoms with E-state index in [1.54, 1.807) is 42.5 Å². The highest BCUT2D eigenvalue weighted by Gasteiger charge is 2.35. The fraction of sp³-hybridized carbons (Fsp3) is 0.250. The van der Waals surface area contributed by atoms with Crippen molar-refractivity contribution in [2.24, 2.45) is 0 Å². The topological polar surface area (TPSA) is 130 Å². The predicted octanol–water partition coefficient (Wildman–Crippen LogP) is 2.98. The monoisotopic (exact) mass is 468 g/mol. The highest BCUT2D eigenvalue weighted by atomic mass is 32.2. The van der Waals surface area contributed by atoms with Gasteiger partial charge < -0.3 is 25.3 Å². The lowest BCUT2D eigenvalue weighted by atomic mass is 9.81. The Kier molecular flexibility index (Phi) is 5.19. The molecule has 2 atom stereocenters. The number of hydrogen-bond donors (Lipinski definition) is 5. The van der Waals surface area contributed by atoms with Gasteiger partial charge in [0.1, 0.15) is 17.1 Å². The Balaban J connectivity index is 1.58. The summed E-state index contributed by atoms with van der Waals surface area (Å²) in [7, 11) is -4.15. The highest BCUT2D eigenvalue weighted by molar-refractivity contribution is 7.92. The zero-order valence-corrected chi connectivity index (χ0v) is 18.5. The van der Waals surface area contributed by atoms with E-state index in [4.69, 9.17) is 0 Å². The number of nitrogens with zero attached hydrogens (tertiary/aromatic N) is 1. The Morgan fingerprint density at radius 3 is 2.12 bits per heavy atom. The molecule has 3 aromatic rings. The highest BCUT2D eigenvalue weighted by Crippen LogP contribution is 2.50. The minimum Gasteiger partial charge on any atom is -0.504 e. The Labute approximate surface area is 191 Å². The Bertz CT molecular complexity index is 1330. The third-order valence-corrected chi connectivity index (χ3v) is 7.76. The summed E-state index contributed by atoms with van der Waals surface area (Å²) in [5.74, 6) is -1.40. The predicted molar refractivity (Wildman–Crippen MR) is 123 cm³/mol. The zero-order valence-electron chi connectivity index (χ0n) is 17.6. The molecule has 0 radical (unpaired) electrons. The number of aliphatic hydroxyl groups is 2. The van der Waals surface area contributed by atoms with E-state index in [2.05, 4.69) is 4.72 Å². The first kappa shape index (κ1) is 21.6. The molecule has 2 unspecified atom stereocenters. The molecule has 3 aromatic carbocycles. The van der Waals surface area contributed by atoms with E-state index in [0.29, 0.717) is 16.8 Å². The molecule has 0 aromatic heterocycles. The van der Waals surface area contributed by atoms with E-state index in [1.807, 2.05) is 4.90 Å². The van der Waals surface area contributed by atoms with E-state index >= 15 is 0 Å². The number of fused-ring (bicyclic) bond motifs is 2. The van der Waals surface area contributed by atoms with Crippen LogP contribution in [0.5, 0.6) is 11.5 Å². The van der Waals surface area contributed by atoms with E-state index < -0.39 is 33.7 Å². The molecule has 5 N–H and O–H groups in total. The van der Waals surface area contributed by atoms with Crippen LogP contribution in [-0.4, -0.2) is 41.9 Å². The number of nitrogens with one attached hydrogen (secondary N) is 1. The van der Waals surface area contributed by atoms with Crippen molar-refractivity contribution in [3.05, 3.63) is 76.9 Å². The van der Waals surface area contributed by atoms with Gasteiger partial charge in [0.25, 0.3) is 10.0 Å². The Morgan fingerprint density at radius 2 is 1.42 bits per heavy atom. The third-order valence-electron chi connectivity index (χ3n) is 6.34. The second-order valence-electron chi connectivity index (χ2n) is 8.33. The summed E-state index contributed by atoms with van der Waals surface area (Å²) in [4.78, 5) is 2.05. The van der Waals surface area contributed by atoms with E-state index in [1.165, 1.54) is 12.1 Å². The molecule has 172 valence electrons. The smallest absolute Gasteiger partial charge is 0.264 e. The van der Waals surface area contributed by atoms with Crippen LogP contribution in [0.3, 0.4) is 0 Å². The SMILES string of the molecule is O=S(=O)(Nc1cc2c(c(O)c1O)C(O)c1ccccc1C2O)c1ccccc1N1CCCC1. The van der Waals surface area contributed by atoms with Gasteiger partial charge >= 0.3 is 0 Å². The van der Waals surface area contributed by atoms with Crippen molar-refractivity contribution in [2.75, 3.05) is 22.7 Å². The molecule has 0 bridgehead atoms. The quantitative estimate of drug-likeness (QED) is 0.372. The van der Waals surface area contributed by atoms with Crippen molar-refractivity contribution >= 4 is 21.4 Å². The molecule has 1 fully saturated rings. The van der Waals surface area contributed by atoms with Gasteiger partial charge in [-0.1, -0.05) is 36.4 Å². The van der Waals surface area contributed by atoms with Gasteiger partial charge in [-0.15, -0.1) is 0 Å². The van der Waals surface area contributed by atoms with Crippen LogP contribution in [0.1, 0.15) is 47.3 Å². The van der Waals surface area contributed by atoms with Gasteiger partial charge in [0.15, 0.2) is 11.5 Å². The fourth-order valence-corrected chi connectivity index (χ4v) is 6.01. The molecule has 1 aliphatic heterocycles. The number of hydrogen-bond acceptors (Lipinski definition) is 7. The van der Waals surface area contributed by atoms with Crippen LogP contribution in [0, 0.1) is 0 Å². The second kappa shape index (κ2) is 7.95. The number of aromatic hydroxyl groups is 2. The number of sulfonamides is 1. The van der Waals surface area contributed by atoms with Crippen molar-refractivity contribution in [2.45, 2.75) is 29.9 Å². The normalized spacial score (nSPS) is 19.8. The maximum Gasteiger partial charge on any atom is 0.264 e. The largest absolute Gasteiger partial charge is 0.504 e. The first-order valence-electron chi connectivity index (χ1n) is 10.7. The minimum absolute atomic E-state index is 0.0504. The first-order chi connectivity index (χ1) is 15.8. The molecule has 9 heteroatoms. The summed E-state index contributed by atoms with van der Waals surface area (Å²) < 4.78 is 29.0. The third kappa shape index (κ3) is 3.49. The maximum absolute atomic E-state index is 13.3. The van der Waals surface area contributed by atoms with Crippen molar-refractivity contribution in [3.8, 4) is 11.5 Å². The van der Waals surface area contributed by atoms with Crippen molar-refractivity contribution in [1.82, 2.24) is 0 Å². The zero-order chi connectivity index (χ0) is 23.3. The molecule has 1 saturated heterocycles. The summed E-state index contributed by atoms with van der Waals surface area (Å²) in [5.41, 5.74) is 1.18. The van der Waals surface area contributed by atoms with Crippen LogP contribution < -0.4 is 9.62 Å². The summed E-state index contributed by atoms with van der Waals surface area (Å²) in [6.45, 7) is 1.50. The Morgan fingerprint density at radius 1 is 0.818 bits per heavy atom. The summed E-state index contributed by atoms with van der Waals surface area (Å²) >= 11 is 0. The fourth-order valence-electron chi connectivity index (χ4n) is 4.72. The van der Waals surface area contributed by atoms with Gasteiger partial charge in [-0.3, -0.25) is 4.72 Å². The van der Waals surface area contributed by atoms with E-state index in [-0.39, 0.29) is 21.7 Å². The molecule has 0 saturated carbocycles. The molecule has 1 aliphatic carbocycles. The standard InChI is InChI=1S/C24H24N2O6S/c27-21-14-7-1-2-8-15(14)22(28)20-16(21)13-17(23(29)24(20)30)25-33(31,32)19-10-4-3-9-18(19)26-11-5-6-12-26/h1-4,7-10,13,21-22,25,27-30H,5-6,11-12H2. The molecule has 0 amide bonds. The summed E-state index contributed by atoms with van der Waals surface area (Å²) in [6.07, 6.45) is -0.551. The molecule has 8 nitrogen and oxygen atoms in total. The average molecular weight is 469 g/mol. The molecular formula is C24H24N2O6S. The van der Waals surface area contributed by atoms with Crippen molar-refractivity contribution < 1.29 is 28.8 Å². The molecule has 2 aliphatic rings. The van der Waals surface area contributed by atoms with Gasteiger partial charge in [0.2, 0.25) is 0 Å². The Hall–Kier alpha value is -3.27. The van der Waals surface area contributed by atoms with Gasteiger partial charge in [0.05, 0.1) is 11.4 Å². The van der Waals surface area contributed by atoms with E-state index in [0.717, 1.165) is 25.9 Å². The number of phenols is 2. The number of aliphatic hydroxyl groups excluding tert-OH is 2. The first-order valence-corrected chi connectivity index (χ1v) is 12.2. The van der Waals surface area contributed by atoms with Crippen molar-refractivity contribution in [3.63, 3.8) is 0 Å². The van der Waals surface area contributed by atoms with Crippen LogP contribution in [0.25, 0.3) is 0 Å². The maximum atomic E-state index is 13.3. The van der Waals surface area contributed by atoms with Crippen LogP contribution >= 0.6 is 0 Å². The van der Waals surface area contributed by atoms with Crippen molar-refractivity contribution in [1.29, 1.82) is 0 Å². The number of para-hydroxylation sites is 1. The van der Waals surface area contributed by atoms with Crippen LogP contribution in [-0.2, 0) is 10.0 Å². The number of rotatable bonds is 4. The average Bonchev–Trinajstić information content (AvgIpc) is 3.35. The number of anilines is 2. The molecule has 0 spiro atoms. The summed E-state index contributed by atoms with van der Waals surface area (Å²) in [6, 6.07) is 14.5. The summed E-state index contributed by atoms with van der Waals surface area (Å²) in [5, 5.41) is 42.9. The van der Waals surface area contributed by atoms with Gasteiger partial charge in [0, 0.05) is 18.7 Å². The van der Waals surface area contributed by atoms with E-state index in [9.17, 15) is 28.8 Å². The lowest BCUT2D eigenvalue weighted by Gasteiger charge is -2.30. The van der Waals surface area contributed by atoms with Gasteiger partial charge in [-0.2, -0.15) is 0 Å². The number of benzene rings is 3. The van der Waals surface area contributed by atoms with Gasteiger partial charge in [-0.05, 0) is 47.7 Å². The second-order valence-corrected chi connectivity index (χ2v) is 9.98. The lowest BCUT2D eigenvalue weighted by molar-refractivity contribution is 0.169. The van der Waals surface area contributed by atoms with Crippen LogP contribution in [0.2, 0.25) is 0 Å². The molecular weight excluding hydrogens is 444 g/mol. The van der Waals surface area contributed by atoms with Crippen LogP contribution in [0.15, 0.2) is 59.5 Å². The molecule has 1 heterocycles. The molecule has 33 heavy (non-hydrogen) atoms. The van der Waals surface area contributed by atoms with Gasteiger partial charge in [-0.25, -0.2) is 8.42 Å². The number of phenolic OH excluding ortho intramolecular Hbond substituents is 2. The molecule has 5 rings (SSSR count). The van der Waals surface area contributed by atoms with Crippen LogP contribution in [0.4, 0.5) is 11.4 Å². The lowest BCUT2D eigenvalue weighted by Crippen LogP contribution is -2.23.